The van der Waals surface area contributed by atoms with E-state index in [1.54, 1.807) is 0 Å². The predicted octanol–water partition coefficient (Wildman–Crippen LogP) is 0.317. The van der Waals surface area contributed by atoms with Crippen LogP contribution in [0.4, 0.5) is 0 Å². The summed E-state index contributed by atoms with van der Waals surface area (Å²) in [5.41, 5.74) is -0.0301. The Morgan fingerprint density at radius 3 is 2.55 bits per heavy atom. The molecule has 64 valence electrons. The lowest BCUT2D eigenvalue weighted by molar-refractivity contribution is -0.0779. The summed E-state index contributed by atoms with van der Waals surface area (Å²) >= 11 is 0. The summed E-state index contributed by atoms with van der Waals surface area (Å²) in [5, 5.41) is 9.28. The Kier molecular flexibility index (Phi) is 1.87. The third-order valence-corrected chi connectivity index (χ3v) is 2.59. The van der Waals surface area contributed by atoms with Gasteiger partial charge < -0.3 is 14.6 Å². The summed E-state index contributed by atoms with van der Waals surface area (Å²) in [6, 6.07) is 0. The highest BCUT2D eigenvalue weighted by molar-refractivity contribution is 4.90. The fourth-order valence-corrected chi connectivity index (χ4v) is 1.91. The summed E-state index contributed by atoms with van der Waals surface area (Å²) in [5.74, 6) is 0. The van der Waals surface area contributed by atoms with Crippen molar-refractivity contribution in [2.75, 3.05) is 19.8 Å². The maximum Gasteiger partial charge on any atom is 0.0801 e. The molecule has 1 atom stereocenters. The molecule has 0 aliphatic carbocycles. The van der Waals surface area contributed by atoms with Crippen LogP contribution in [0.1, 0.15) is 19.3 Å². The van der Waals surface area contributed by atoms with Crippen molar-refractivity contribution in [3.8, 4) is 0 Å². The van der Waals surface area contributed by atoms with E-state index < -0.39 is 0 Å². The van der Waals surface area contributed by atoms with Gasteiger partial charge >= 0.3 is 0 Å². The van der Waals surface area contributed by atoms with E-state index in [2.05, 4.69) is 0 Å². The molecule has 2 saturated heterocycles. The molecule has 0 aromatic rings. The first-order valence-electron chi connectivity index (χ1n) is 4.21. The minimum atomic E-state index is -0.243. The normalized spacial score (nSPS) is 36.3. The molecule has 2 rings (SSSR count). The Morgan fingerprint density at radius 1 is 1.27 bits per heavy atom. The van der Waals surface area contributed by atoms with E-state index in [1.807, 2.05) is 0 Å². The standard InChI is InChI=1S/C8H14O3/c9-7-5-8(11-6-7)1-3-10-4-2-8/h7,9H,1-6H2. The molecule has 3 heteroatoms. The molecule has 0 saturated carbocycles. The van der Waals surface area contributed by atoms with Crippen LogP contribution in [0.25, 0.3) is 0 Å². The number of rotatable bonds is 0. The molecular formula is C8H14O3. The second kappa shape index (κ2) is 2.73. The second-order valence-corrected chi connectivity index (χ2v) is 3.46. The maximum absolute atomic E-state index is 9.28. The van der Waals surface area contributed by atoms with Crippen LogP contribution in [0.3, 0.4) is 0 Å². The van der Waals surface area contributed by atoms with Crippen LogP contribution in [-0.2, 0) is 9.47 Å². The lowest BCUT2D eigenvalue weighted by atomic mass is 9.91. The molecule has 2 aliphatic rings. The fraction of sp³-hybridized carbons (Fsp3) is 1.00. The average Bonchev–Trinajstić information content (AvgIpc) is 2.34. The van der Waals surface area contributed by atoms with Crippen molar-refractivity contribution >= 4 is 0 Å². The number of ether oxygens (including phenoxy) is 2. The molecule has 0 aromatic carbocycles. The molecule has 1 unspecified atom stereocenters. The zero-order chi connectivity index (χ0) is 7.73. The quantitative estimate of drug-likeness (QED) is 0.551. The van der Waals surface area contributed by atoms with Gasteiger partial charge in [0.25, 0.3) is 0 Å². The molecule has 0 amide bonds. The monoisotopic (exact) mass is 158 g/mol. The van der Waals surface area contributed by atoms with E-state index in [0.29, 0.717) is 6.61 Å². The number of aliphatic hydroxyl groups excluding tert-OH is 1. The van der Waals surface area contributed by atoms with Crippen molar-refractivity contribution in [2.24, 2.45) is 0 Å². The highest BCUT2D eigenvalue weighted by atomic mass is 16.5. The Labute approximate surface area is 66.3 Å². The van der Waals surface area contributed by atoms with E-state index >= 15 is 0 Å². The number of aliphatic hydroxyl groups is 1. The summed E-state index contributed by atoms with van der Waals surface area (Å²) in [4.78, 5) is 0. The van der Waals surface area contributed by atoms with Gasteiger partial charge in [0.1, 0.15) is 0 Å². The van der Waals surface area contributed by atoms with Gasteiger partial charge in [-0.3, -0.25) is 0 Å². The predicted molar refractivity (Wildman–Crippen MR) is 39.4 cm³/mol. The molecule has 0 bridgehead atoms. The van der Waals surface area contributed by atoms with Crippen molar-refractivity contribution < 1.29 is 14.6 Å². The van der Waals surface area contributed by atoms with Gasteiger partial charge in [0, 0.05) is 19.6 Å². The largest absolute Gasteiger partial charge is 0.391 e. The van der Waals surface area contributed by atoms with Crippen LogP contribution >= 0.6 is 0 Å². The first-order valence-corrected chi connectivity index (χ1v) is 4.21. The zero-order valence-electron chi connectivity index (χ0n) is 6.58. The van der Waals surface area contributed by atoms with Crippen molar-refractivity contribution in [2.45, 2.75) is 31.0 Å². The Bertz CT molecular complexity index is 135. The highest BCUT2D eigenvalue weighted by Crippen LogP contribution is 2.34. The first-order chi connectivity index (χ1) is 5.31. The molecule has 2 heterocycles. The van der Waals surface area contributed by atoms with E-state index in [1.165, 1.54) is 0 Å². The van der Waals surface area contributed by atoms with E-state index in [9.17, 15) is 5.11 Å². The van der Waals surface area contributed by atoms with Gasteiger partial charge in [-0.15, -0.1) is 0 Å². The second-order valence-electron chi connectivity index (χ2n) is 3.46. The average molecular weight is 158 g/mol. The van der Waals surface area contributed by atoms with Crippen molar-refractivity contribution in [1.82, 2.24) is 0 Å². The Hall–Kier alpha value is -0.120. The Balaban J connectivity index is 1.98. The molecule has 2 fully saturated rings. The van der Waals surface area contributed by atoms with E-state index in [0.717, 1.165) is 32.5 Å². The van der Waals surface area contributed by atoms with Gasteiger partial charge in [0.05, 0.1) is 18.3 Å². The smallest absolute Gasteiger partial charge is 0.0801 e. The van der Waals surface area contributed by atoms with Gasteiger partial charge in [-0.2, -0.15) is 0 Å². The summed E-state index contributed by atoms with van der Waals surface area (Å²) < 4.78 is 10.8. The lowest BCUT2D eigenvalue weighted by Gasteiger charge is -2.31. The van der Waals surface area contributed by atoms with Crippen LogP contribution in [-0.4, -0.2) is 36.6 Å². The minimum Gasteiger partial charge on any atom is -0.391 e. The molecule has 0 radical (unpaired) electrons. The molecule has 1 N–H and O–H groups in total. The maximum atomic E-state index is 9.28. The van der Waals surface area contributed by atoms with Gasteiger partial charge in [-0.05, 0) is 12.8 Å². The Morgan fingerprint density at radius 2 is 2.00 bits per heavy atom. The van der Waals surface area contributed by atoms with Crippen LogP contribution < -0.4 is 0 Å². The van der Waals surface area contributed by atoms with Crippen LogP contribution in [0.5, 0.6) is 0 Å². The van der Waals surface area contributed by atoms with Crippen LogP contribution in [0.2, 0.25) is 0 Å². The molecule has 2 aliphatic heterocycles. The first kappa shape index (κ1) is 7.53. The van der Waals surface area contributed by atoms with E-state index in [4.69, 9.17) is 9.47 Å². The summed E-state index contributed by atoms with van der Waals surface area (Å²) in [6.45, 7) is 2.08. The lowest BCUT2D eigenvalue weighted by Crippen LogP contribution is -2.35. The minimum absolute atomic E-state index is 0.0301. The molecule has 0 aromatic heterocycles. The highest BCUT2D eigenvalue weighted by Gasteiger charge is 2.40. The number of hydrogen-bond acceptors (Lipinski definition) is 3. The van der Waals surface area contributed by atoms with Crippen LogP contribution in [0, 0.1) is 0 Å². The van der Waals surface area contributed by atoms with Crippen molar-refractivity contribution in [3.63, 3.8) is 0 Å². The molecular weight excluding hydrogens is 144 g/mol. The van der Waals surface area contributed by atoms with Crippen molar-refractivity contribution in [3.05, 3.63) is 0 Å². The van der Waals surface area contributed by atoms with Crippen molar-refractivity contribution in [1.29, 1.82) is 0 Å². The van der Waals surface area contributed by atoms with Crippen LogP contribution in [0.15, 0.2) is 0 Å². The summed E-state index contributed by atoms with van der Waals surface area (Å²) in [6.07, 6.45) is 2.46. The molecule has 3 nitrogen and oxygen atoms in total. The topological polar surface area (TPSA) is 38.7 Å². The number of hydrogen-bond donors (Lipinski definition) is 1. The zero-order valence-corrected chi connectivity index (χ0v) is 6.58. The van der Waals surface area contributed by atoms with Gasteiger partial charge in [0.15, 0.2) is 0 Å². The van der Waals surface area contributed by atoms with Gasteiger partial charge in [-0.25, -0.2) is 0 Å². The SMILES string of the molecule is OC1COC2(CCOCC2)C1. The van der Waals surface area contributed by atoms with Gasteiger partial charge in [0.2, 0.25) is 0 Å². The van der Waals surface area contributed by atoms with Gasteiger partial charge in [-0.1, -0.05) is 0 Å². The molecule has 11 heavy (non-hydrogen) atoms. The fourth-order valence-electron chi connectivity index (χ4n) is 1.91. The summed E-state index contributed by atoms with van der Waals surface area (Å²) in [7, 11) is 0. The third kappa shape index (κ3) is 1.41. The van der Waals surface area contributed by atoms with E-state index in [-0.39, 0.29) is 11.7 Å². The molecule has 1 spiro atoms. The third-order valence-electron chi connectivity index (χ3n) is 2.59.